The molecule has 52 heavy (non-hydrogen) atoms. The minimum Gasteiger partial charge on any atom is -0.467 e. The summed E-state index contributed by atoms with van der Waals surface area (Å²) >= 11 is 0. The first-order chi connectivity index (χ1) is 24.4. The molecule has 1 aromatic carbocycles. The number of aromatic nitrogens is 2. The maximum Gasteiger partial charge on any atom is 0.328 e. The molecule has 0 spiro atoms. The van der Waals surface area contributed by atoms with Crippen LogP contribution in [-0.4, -0.2) is 94.6 Å². The number of rotatable bonds is 20. The number of amides is 4. The first kappa shape index (κ1) is 43.4. The second-order valence-corrected chi connectivity index (χ2v) is 14.8. The highest BCUT2D eigenvalue weighted by atomic mass is 16.5. The first-order valence-electron chi connectivity index (χ1n) is 17.5. The molecule has 15 nitrogen and oxygen atoms in total. The molecule has 1 aromatic heterocycles. The van der Waals surface area contributed by atoms with E-state index in [2.05, 4.69) is 31.2 Å². The lowest BCUT2D eigenvalue weighted by atomic mass is 9.96. The monoisotopic (exact) mass is 728 g/mol. The summed E-state index contributed by atoms with van der Waals surface area (Å²) in [4.78, 5) is 84.7. The summed E-state index contributed by atoms with van der Waals surface area (Å²) in [6, 6.07) is 5.03. The summed E-state index contributed by atoms with van der Waals surface area (Å²) < 4.78 is 10.0. The zero-order valence-electron chi connectivity index (χ0n) is 31.5. The standard InChI is InChI=1S/C37H56N6O9/c1-22(2)14-26(42-34(48)28(17-25-19-38-21-39-25)41-32(46)20-52-36(50)37(5,6)7)30(44)18-31(45)40-27(15-23(3)4)33(47)43-29(35(49)51-8)16-24-12-10-9-11-13-24/h9-13,19,21-23,26-30,44H,14-18,20H2,1-8H3,(H,38,39)(H,40,45)(H,41,46)(H,42,48)(H,43,47)/t26-,27-,28-,29-,30?/m0/s1. The lowest BCUT2D eigenvalue weighted by Crippen LogP contribution is -2.55. The van der Waals surface area contributed by atoms with Crippen LogP contribution in [0.5, 0.6) is 0 Å². The van der Waals surface area contributed by atoms with Crippen LogP contribution in [0.15, 0.2) is 42.9 Å². The van der Waals surface area contributed by atoms with Crippen LogP contribution in [0.2, 0.25) is 0 Å². The van der Waals surface area contributed by atoms with Crippen molar-refractivity contribution >= 4 is 35.6 Å². The highest BCUT2D eigenvalue weighted by molar-refractivity contribution is 5.91. The zero-order valence-corrected chi connectivity index (χ0v) is 31.5. The van der Waals surface area contributed by atoms with Crippen molar-refractivity contribution in [3.8, 4) is 0 Å². The largest absolute Gasteiger partial charge is 0.467 e. The molecule has 15 heteroatoms. The Labute approximate surface area is 305 Å². The van der Waals surface area contributed by atoms with Crippen molar-refractivity contribution in [3.05, 3.63) is 54.1 Å². The van der Waals surface area contributed by atoms with Crippen molar-refractivity contribution in [2.24, 2.45) is 17.3 Å². The third-order valence-electron chi connectivity index (χ3n) is 7.93. The minimum atomic E-state index is -1.37. The highest BCUT2D eigenvalue weighted by Crippen LogP contribution is 2.16. The van der Waals surface area contributed by atoms with Crippen molar-refractivity contribution in [1.29, 1.82) is 0 Å². The van der Waals surface area contributed by atoms with E-state index in [1.807, 2.05) is 58.0 Å². The van der Waals surface area contributed by atoms with Crippen molar-refractivity contribution < 1.29 is 43.3 Å². The Bertz CT molecular complexity index is 1460. The predicted octanol–water partition coefficient (Wildman–Crippen LogP) is 1.74. The summed E-state index contributed by atoms with van der Waals surface area (Å²) in [7, 11) is 1.23. The van der Waals surface area contributed by atoms with Gasteiger partial charge in [0.25, 0.3) is 5.91 Å². The number of aliphatic hydroxyl groups excluding tert-OH is 1. The number of carbonyl (C=O) groups excluding carboxylic acids is 6. The van der Waals surface area contributed by atoms with Crippen LogP contribution in [0.3, 0.4) is 0 Å². The molecule has 1 unspecified atom stereocenters. The third kappa shape index (κ3) is 15.6. The molecule has 1 heterocycles. The molecular formula is C37H56N6O9. The van der Waals surface area contributed by atoms with E-state index in [0.717, 1.165) is 5.56 Å². The van der Waals surface area contributed by atoms with Gasteiger partial charge in [-0.15, -0.1) is 0 Å². The number of H-pyrrole nitrogens is 1. The number of methoxy groups -OCH3 is 1. The lowest BCUT2D eigenvalue weighted by molar-refractivity contribution is -0.156. The number of esters is 2. The van der Waals surface area contributed by atoms with Gasteiger partial charge < -0.3 is 40.8 Å². The van der Waals surface area contributed by atoms with Gasteiger partial charge in [-0.1, -0.05) is 58.0 Å². The average molecular weight is 729 g/mol. The molecule has 288 valence electrons. The molecule has 0 fully saturated rings. The Morgan fingerprint density at radius 2 is 1.42 bits per heavy atom. The zero-order chi connectivity index (χ0) is 39.0. The number of benzene rings is 1. The molecule has 5 atom stereocenters. The number of imidazole rings is 1. The second-order valence-electron chi connectivity index (χ2n) is 14.8. The van der Waals surface area contributed by atoms with Crippen LogP contribution in [0.1, 0.15) is 79.0 Å². The Morgan fingerprint density at radius 3 is 1.98 bits per heavy atom. The lowest BCUT2D eigenvalue weighted by Gasteiger charge is -2.29. The van der Waals surface area contributed by atoms with Gasteiger partial charge >= 0.3 is 11.9 Å². The smallest absolute Gasteiger partial charge is 0.328 e. The molecule has 0 aliphatic carbocycles. The number of aliphatic hydroxyl groups is 1. The first-order valence-corrected chi connectivity index (χ1v) is 17.5. The normalized spacial score (nSPS) is 14.4. The second kappa shape index (κ2) is 20.9. The van der Waals surface area contributed by atoms with E-state index in [1.54, 1.807) is 20.8 Å². The van der Waals surface area contributed by atoms with Gasteiger partial charge in [-0.3, -0.25) is 24.0 Å². The van der Waals surface area contributed by atoms with Crippen LogP contribution >= 0.6 is 0 Å². The summed E-state index contributed by atoms with van der Waals surface area (Å²) in [6.07, 6.45) is 1.82. The quantitative estimate of drug-likeness (QED) is 0.109. The predicted molar refractivity (Wildman–Crippen MR) is 192 cm³/mol. The van der Waals surface area contributed by atoms with E-state index in [1.165, 1.54) is 19.6 Å². The van der Waals surface area contributed by atoms with E-state index >= 15 is 0 Å². The molecule has 0 saturated heterocycles. The molecule has 0 aliphatic heterocycles. The SMILES string of the molecule is COC(=O)[C@H](Cc1ccccc1)NC(=O)[C@H](CC(C)C)NC(=O)CC(O)[C@H](CC(C)C)NC(=O)[C@H](Cc1cnc[nH]1)NC(=O)COC(=O)C(C)(C)C. The van der Waals surface area contributed by atoms with Crippen LogP contribution in [0.25, 0.3) is 0 Å². The Balaban J connectivity index is 2.16. The summed E-state index contributed by atoms with van der Waals surface area (Å²) in [5.74, 6) is -3.82. The molecular weight excluding hydrogens is 672 g/mol. The van der Waals surface area contributed by atoms with Gasteiger partial charge in [-0.2, -0.15) is 0 Å². The number of nitrogens with zero attached hydrogens (tertiary/aromatic N) is 1. The summed E-state index contributed by atoms with van der Waals surface area (Å²) in [5, 5.41) is 22.0. The molecule has 4 amide bonds. The van der Waals surface area contributed by atoms with Gasteiger partial charge in [0.1, 0.15) is 18.1 Å². The maximum atomic E-state index is 13.6. The van der Waals surface area contributed by atoms with E-state index in [9.17, 15) is 33.9 Å². The van der Waals surface area contributed by atoms with Gasteiger partial charge in [-0.25, -0.2) is 9.78 Å². The van der Waals surface area contributed by atoms with Crippen LogP contribution in [-0.2, 0) is 51.1 Å². The number of aromatic amines is 1. The fourth-order valence-electron chi connectivity index (χ4n) is 5.26. The average Bonchev–Trinajstić information content (AvgIpc) is 3.58. The Hall–Kier alpha value is -4.79. The van der Waals surface area contributed by atoms with Gasteiger partial charge in [0.2, 0.25) is 17.7 Å². The Kier molecular flexibility index (Phi) is 17.4. The van der Waals surface area contributed by atoms with E-state index in [4.69, 9.17) is 9.47 Å². The number of ether oxygens (including phenoxy) is 2. The third-order valence-corrected chi connectivity index (χ3v) is 7.93. The fraction of sp³-hybridized carbons (Fsp3) is 0.595. The fourth-order valence-corrected chi connectivity index (χ4v) is 5.26. The molecule has 2 aromatic rings. The van der Waals surface area contributed by atoms with E-state index in [-0.39, 0.29) is 37.5 Å². The molecule has 0 bridgehead atoms. The molecule has 0 aliphatic rings. The van der Waals surface area contributed by atoms with Gasteiger partial charge in [-0.05, 0) is 51.0 Å². The number of hydrogen-bond acceptors (Lipinski definition) is 10. The molecule has 0 radical (unpaired) electrons. The van der Waals surface area contributed by atoms with E-state index < -0.39 is 84.3 Å². The number of hydrogen-bond donors (Lipinski definition) is 6. The topological polar surface area (TPSA) is 218 Å². The minimum absolute atomic E-state index is 0.0125. The van der Waals surface area contributed by atoms with Gasteiger partial charge in [0, 0.05) is 24.7 Å². The number of nitrogens with one attached hydrogen (secondary N) is 5. The maximum absolute atomic E-state index is 13.6. The van der Waals surface area contributed by atoms with E-state index in [0.29, 0.717) is 5.69 Å². The summed E-state index contributed by atoms with van der Waals surface area (Å²) in [6.45, 7) is 11.9. The highest BCUT2D eigenvalue weighted by Gasteiger charge is 2.32. The molecule has 0 saturated carbocycles. The van der Waals surface area contributed by atoms with Gasteiger partial charge in [0.05, 0.1) is 37.4 Å². The van der Waals surface area contributed by atoms with Crippen LogP contribution in [0.4, 0.5) is 0 Å². The van der Waals surface area contributed by atoms with Crippen molar-refractivity contribution in [3.63, 3.8) is 0 Å². The van der Waals surface area contributed by atoms with Crippen LogP contribution < -0.4 is 21.3 Å². The van der Waals surface area contributed by atoms with Crippen molar-refractivity contribution in [2.75, 3.05) is 13.7 Å². The van der Waals surface area contributed by atoms with Crippen molar-refractivity contribution in [2.45, 2.75) is 111 Å². The van der Waals surface area contributed by atoms with Gasteiger partial charge in [0.15, 0.2) is 6.61 Å². The Morgan fingerprint density at radius 1 is 0.808 bits per heavy atom. The number of carbonyl (C=O) groups is 6. The van der Waals surface area contributed by atoms with Crippen molar-refractivity contribution in [1.82, 2.24) is 31.2 Å². The summed E-state index contributed by atoms with van der Waals surface area (Å²) in [5.41, 5.74) is 0.519. The van der Waals surface area contributed by atoms with Crippen LogP contribution in [0, 0.1) is 17.3 Å². The molecule has 2 rings (SSSR count). The molecule has 6 N–H and O–H groups in total.